The predicted molar refractivity (Wildman–Crippen MR) is 38.3 cm³/mol. The summed E-state index contributed by atoms with van der Waals surface area (Å²) < 4.78 is 5.40. The van der Waals surface area contributed by atoms with Crippen LogP contribution in [0.3, 0.4) is 0 Å². The van der Waals surface area contributed by atoms with Gasteiger partial charge in [0.15, 0.2) is 0 Å². The zero-order chi connectivity index (χ0) is 6.69. The molecule has 1 nitrogen and oxygen atoms in total. The second-order valence-corrected chi connectivity index (χ2v) is 2.22. The summed E-state index contributed by atoms with van der Waals surface area (Å²) in [5.74, 6) is 0. The van der Waals surface area contributed by atoms with Crippen LogP contribution in [0, 0.1) is 0 Å². The lowest BCUT2D eigenvalue weighted by Gasteiger charge is -2.04. The van der Waals surface area contributed by atoms with E-state index in [4.69, 9.17) is 4.74 Å². The molecule has 0 fully saturated rings. The average Bonchev–Trinajstić information content (AvgIpc) is 2.17. The van der Waals surface area contributed by atoms with Gasteiger partial charge in [0.1, 0.15) is 0 Å². The standard InChI is InChI=1S/C8H12O/c1-3-4-8-6-5-7(2)9-8/h3-8H,1-2H3/b4-3+/t7-,8-/m0/s1. The highest BCUT2D eigenvalue weighted by atomic mass is 16.5. The summed E-state index contributed by atoms with van der Waals surface area (Å²) in [7, 11) is 0. The van der Waals surface area contributed by atoms with Crippen molar-refractivity contribution in [2.24, 2.45) is 0 Å². The molecule has 2 atom stereocenters. The summed E-state index contributed by atoms with van der Waals surface area (Å²) in [5.41, 5.74) is 0. The largest absolute Gasteiger partial charge is 0.363 e. The van der Waals surface area contributed by atoms with E-state index in [1.54, 1.807) is 0 Å². The van der Waals surface area contributed by atoms with Crippen molar-refractivity contribution in [1.82, 2.24) is 0 Å². The van der Waals surface area contributed by atoms with Crippen molar-refractivity contribution in [1.29, 1.82) is 0 Å². The third-order valence-electron chi connectivity index (χ3n) is 1.33. The normalized spacial score (nSPS) is 34.4. The molecule has 9 heavy (non-hydrogen) atoms. The van der Waals surface area contributed by atoms with Crippen LogP contribution in [0.15, 0.2) is 24.3 Å². The Labute approximate surface area is 56.0 Å². The number of hydrogen-bond donors (Lipinski definition) is 0. The van der Waals surface area contributed by atoms with Gasteiger partial charge in [-0.1, -0.05) is 24.3 Å². The van der Waals surface area contributed by atoms with Crippen LogP contribution < -0.4 is 0 Å². The van der Waals surface area contributed by atoms with E-state index < -0.39 is 0 Å². The van der Waals surface area contributed by atoms with E-state index in [1.807, 2.05) is 26.0 Å². The van der Waals surface area contributed by atoms with Gasteiger partial charge in [0, 0.05) is 0 Å². The van der Waals surface area contributed by atoms with Crippen molar-refractivity contribution in [3.63, 3.8) is 0 Å². The smallest absolute Gasteiger partial charge is 0.0946 e. The van der Waals surface area contributed by atoms with Crippen LogP contribution in [0.2, 0.25) is 0 Å². The molecule has 0 amide bonds. The lowest BCUT2D eigenvalue weighted by Crippen LogP contribution is -2.05. The lowest BCUT2D eigenvalue weighted by molar-refractivity contribution is 0.0990. The third-order valence-corrected chi connectivity index (χ3v) is 1.33. The number of hydrogen-bond acceptors (Lipinski definition) is 1. The van der Waals surface area contributed by atoms with E-state index in [0.717, 1.165) is 0 Å². The summed E-state index contributed by atoms with van der Waals surface area (Å²) in [6.45, 7) is 4.04. The topological polar surface area (TPSA) is 9.23 Å². The van der Waals surface area contributed by atoms with E-state index in [2.05, 4.69) is 12.2 Å². The summed E-state index contributed by atoms with van der Waals surface area (Å²) in [6, 6.07) is 0. The van der Waals surface area contributed by atoms with E-state index in [9.17, 15) is 0 Å². The van der Waals surface area contributed by atoms with Crippen LogP contribution >= 0.6 is 0 Å². The molecule has 1 heterocycles. The molecule has 0 saturated carbocycles. The van der Waals surface area contributed by atoms with E-state index in [-0.39, 0.29) is 6.10 Å². The van der Waals surface area contributed by atoms with Gasteiger partial charge in [-0.3, -0.25) is 0 Å². The van der Waals surface area contributed by atoms with Gasteiger partial charge in [-0.05, 0) is 13.8 Å². The summed E-state index contributed by atoms with van der Waals surface area (Å²) in [6.07, 6.45) is 8.72. The van der Waals surface area contributed by atoms with Gasteiger partial charge in [-0.15, -0.1) is 0 Å². The maximum atomic E-state index is 5.40. The lowest BCUT2D eigenvalue weighted by atomic mass is 10.3. The Kier molecular flexibility index (Phi) is 2.06. The molecule has 0 aromatic rings. The Hall–Kier alpha value is -0.560. The Bertz CT molecular complexity index is 136. The Balaban J connectivity index is 2.41. The highest BCUT2D eigenvalue weighted by molar-refractivity contribution is 5.08. The van der Waals surface area contributed by atoms with Crippen molar-refractivity contribution < 1.29 is 4.74 Å². The predicted octanol–water partition coefficient (Wildman–Crippen LogP) is 1.91. The van der Waals surface area contributed by atoms with Crippen LogP contribution in [0.5, 0.6) is 0 Å². The molecule has 0 spiro atoms. The van der Waals surface area contributed by atoms with Crippen LogP contribution in [-0.4, -0.2) is 12.2 Å². The van der Waals surface area contributed by atoms with Crippen molar-refractivity contribution in [2.75, 3.05) is 0 Å². The second-order valence-electron chi connectivity index (χ2n) is 2.22. The van der Waals surface area contributed by atoms with Crippen LogP contribution in [-0.2, 0) is 4.74 Å². The highest BCUT2D eigenvalue weighted by Crippen LogP contribution is 2.10. The van der Waals surface area contributed by atoms with E-state index in [0.29, 0.717) is 6.10 Å². The van der Waals surface area contributed by atoms with Gasteiger partial charge in [0.2, 0.25) is 0 Å². The van der Waals surface area contributed by atoms with Crippen molar-refractivity contribution in [2.45, 2.75) is 26.1 Å². The van der Waals surface area contributed by atoms with E-state index >= 15 is 0 Å². The molecular weight excluding hydrogens is 112 g/mol. The van der Waals surface area contributed by atoms with Crippen LogP contribution in [0.25, 0.3) is 0 Å². The quantitative estimate of drug-likeness (QED) is 0.485. The first-order chi connectivity index (χ1) is 4.33. The molecule has 0 unspecified atom stereocenters. The molecule has 0 bridgehead atoms. The minimum atomic E-state index is 0.227. The molecule has 1 rings (SSSR count). The Morgan fingerprint density at radius 2 is 2.22 bits per heavy atom. The molecule has 0 N–H and O–H groups in total. The first-order valence-corrected chi connectivity index (χ1v) is 3.29. The SMILES string of the molecule is C/C=C/[C@H]1C=C[C@H](C)O1. The zero-order valence-corrected chi connectivity index (χ0v) is 5.87. The van der Waals surface area contributed by atoms with Gasteiger partial charge in [0.25, 0.3) is 0 Å². The first kappa shape index (κ1) is 6.56. The second kappa shape index (κ2) is 2.83. The minimum absolute atomic E-state index is 0.227. The number of ether oxygens (including phenoxy) is 1. The molecule has 1 aliphatic rings. The summed E-state index contributed by atoms with van der Waals surface area (Å²) in [5, 5.41) is 0. The minimum Gasteiger partial charge on any atom is -0.363 e. The molecule has 0 saturated heterocycles. The van der Waals surface area contributed by atoms with Gasteiger partial charge >= 0.3 is 0 Å². The van der Waals surface area contributed by atoms with Gasteiger partial charge in [-0.25, -0.2) is 0 Å². The summed E-state index contributed by atoms with van der Waals surface area (Å²) in [4.78, 5) is 0. The van der Waals surface area contributed by atoms with Gasteiger partial charge in [-0.2, -0.15) is 0 Å². The Morgan fingerprint density at radius 1 is 1.44 bits per heavy atom. The zero-order valence-electron chi connectivity index (χ0n) is 5.87. The highest BCUT2D eigenvalue weighted by Gasteiger charge is 2.10. The molecule has 1 heteroatoms. The number of allylic oxidation sites excluding steroid dienone is 1. The summed E-state index contributed by atoms with van der Waals surface area (Å²) >= 11 is 0. The molecule has 0 radical (unpaired) electrons. The monoisotopic (exact) mass is 124 g/mol. The maximum absolute atomic E-state index is 5.40. The molecular formula is C8H12O. The first-order valence-electron chi connectivity index (χ1n) is 3.29. The third kappa shape index (κ3) is 1.68. The molecule has 0 aliphatic carbocycles. The fourth-order valence-electron chi connectivity index (χ4n) is 0.904. The molecule has 1 aliphatic heterocycles. The van der Waals surface area contributed by atoms with Crippen molar-refractivity contribution >= 4 is 0 Å². The van der Waals surface area contributed by atoms with Crippen LogP contribution in [0.4, 0.5) is 0 Å². The maximum Gasteiger partial charge on any atom is 0.0946 e. The Morgan fingerprint density at radius 3 is 2.67 bits per heavy atom. The van der Waals surface area contributed by atoms with Gasteiger partial charge < -0.3 is 4.74 Å². The average molecular weight is 124 g/mol. The van der Waals surface area contributed by atoms with Crippen molar-refractivity contribution in [3.05, 3.63) is 24.3 Å². The van der Waals surface area contributed by atoms with Gasteiger partial charge in [0.05, 0.1) is 12.2 Å². The van der Waals surface area contributed by atoms with Crippen LogP contribution in [0.1, 0.15) is 13.8 Å². The fraction of sp³-hybridized carbons (Fsp3) is 0.500. The van der Waals surface area contributed by atoms with E-state index in [1.165, 1.54) is 0 Å². The number of rotatable bonds is 1. The molecule has 0 aromatic carbocycles. The molecule has 0 aromatic heterocycles. The molecule has 50 valence electrons. The van der Waals surface area contributed by atoms with Crippen molar-refractivity contribution in [3.8, 4) is 0 Å². The fourth-order valence-corrected chi connectivity index (χ4v) is 0.904.